The van der Waals surface area contributed by atoms with Crippen molar-refractivity contribution in [1.29, 1.82) is 0 Å². The van der Waals surface area contributed by atoms with Gasteiger partial charge < -0.3 is 10.1 Å². The molecule has 0 radical (unpaired) electrons. The summed E-state index contributed by atoms with van der Waals surface area (Å²) in [7, 11) is 0. The van der Waals surface area contributed by atoms with Crippen LogP contribution in [0.3, 0.4) is 0 Å². The summed E-state index contributed by atoms with van der Waals surface area (Å²) in [4.78, 5) is 23.5. The van der Waals surface area contributed by atoms with Gasteiger partial charge in [0.25, 0.3) is 0 Å². The zero-order valence-corrected chi connectivity index (χ0v) is 15.9. The monoisotopic (exact) mass is 406 g/mol. The Morgan fingerprint density at radius 2 is 2.04 bits per heavy atom. The number of hydrogen-bond donors (Lipinski definition) is 1. The van der Waals surface area contributed by atoms with Crippen molar-refractivity contribution in [2.24, 2.45) is 5.92 Å². The summed E-state index contributed by atoms with van der Waals surface area (Å²) >= 11 is 1.48. The number of nitrogens with zero attached hydrogens (tertiary/aromatic N) is 3. The number of hydrogen-bond acceptors (Lipinski definition) is 6. The average molecular weight is 406 g/mol. The van der Waals surface area contributed by atoms with E-state index in [1.54, 1.807) is 18.3 Å². The van der Waals surface area contributed by atoms with E-state index < -0.39 is 11.9 Å². The summed E-state index contributed by atoms with van der Waals surface area (Å²) in [5.74, 6) is -0.233. The molecule has 1 atom stereocenters. The molecule has 0 amide bonds. The molecular formula is C19H17F3N4OS. The molecule has 0 bridgehead atoms. The van der Waals surface area contributed by atoms with Crippen LogP contribution >= 0.6 is 11.3 Å². The Morgan fingerprint density at radius 1 is 1.25 bits per heavy atom. The standard InChI is InChI=1S/C19H17F3N4OS/c1-11-5-13(15-9-24-17(28-15)7-12(2)10-27)8-14(6-11)25-18-23-4-3-16(26-18)19(20,21)22/h3-6,8-10,12H,7H2,1-2H3,(H,23,25,26)/t12-/m1/s1. The third kappa shape index (κ3) is 4.92. The maximum Gasteiger partial charge on any atom is 0.433 e. The van der Waals surface area contributed by atoms with Crippen LogP contribution in [0.4, 0.5) is 24.8 Å². The van der Waals surface area contributed by atoms with Crippen LogP contribution in [0.1, 0.15) is 23.2 Å². The zero-order valence-electron chi connectivity index (χ0n) is 15.1. The topological polar surface area (TPSA) is 67.8 Å². The Bertz CT molecular complexity index is 987. The van der Waals surface area contributed by atoms with E-state index in [1.807, 2.05) is 19.9 Å². The zero-order chi connectivity index (χ0) is 20.3. The summed E-state index contributed by atoms with van der Waals surface area (Å²) < 4.78 is 38.5. The van der Waals surface area contributed by atoms with Crippen LogP contribution < -0.4 is 5.32 Å². The molecule has 2 aromatic heterocycles. The highest BCUT2D eigenvalue weighted by atomic mass is 32.1. The summed E-state index contributed by atoms with van der Waals surface area (Å²) in [6, 6.07) is 6.38. The lowest BCUT2D eigenvalue weighted by molar-refractivity contribution is -0.141. The lowest BCUT2D eigenvalue weighted by Crippen LogP contribution is -2.10. The van der Waals surface area contributed by atoms with Crippen LogP contribution in [0.15, 0.2) is 36.7 Å². The van der Waals surface area contributed by atoms with Crippen LogP contribution in [-0.4, -0.2) is 21.2 Å². The maximum absolute atomic E-state index is 12.8. The second-order valence-corrected chi connectivity index (χ2v) is 7.53. The van der Waals surface area contributed by atoms with Gasteiger partial charge in [-0.2, -0.15) is 13.2 Å². The van der Waals surface area contributed by atoms with Gasteiger partial charge in [0.2, 0.25) is 5.95 Å². The second-order valence-electron chi connectivity index (χ2n) is 6.41. The van der Waals surface area contributed by atoms with Gasteiger partial charge in [-0.15, -0.1) is 11.3 Å². The molecule has 9 heteroatoms. The highest BCUT2D eigenvalue weighted by molar-refractivity contribution is 7.15. The number of carbonyl (C=O) groups excluding carboxylic acids is 1. The third-order valence-electron chi connectivity index (χ3n) is 3.85. The minimum atomic E-state index is -4.53. The molecular weight excluding hydrogens is 389 g/mol. The van der Waals surface area contributed by atoms with E-state index in [1.165, 1.54) is 11.3 Å². The Morgan fingerprint density at radius 3 is 2.75 bits per heavy atom. The van der Waals surface area contributed by atoms with Gasteiger partial charge in [0.15, 0.2) is 0 Å². The van der Waals surface area contributed by atoms with Crippen LogP contribution in [0.25, 0.3) is 10.4 Å². The lowest BCUT2D eigenvalue weighted by atomic mass is 10.1. The molecule has 0 saturated heterocycles. The molecule has 28 heavy (non-hydrogen) atoms. The molecule has 0 aliphatic rings. The van der Waals surface area contributed by atoms with Gasteiger partial charge in [-0.05, 0) is 36.2 Å². The normalized spacial score (nSPS) is 12.6. The van der Waals surface area contributed by atoms with E-state index in [2.05, 4.69) is 20.3 Å². The van der Waals surface area contributed by atoms with Crippen molar-refractivity contribution in [3.05, 3.63) is 52.9 Å². The fraction of sp³-hybridized carbons (Fsp3) is 0.263. The van der Waals surface area contributed by atoms with Gasteiger partial charge in [-0.1, -0.05) is 13.0 Å². The maximum atomic E-state index is 12.8. The molecule has 5 nitrogen and oxygen atoms in total. The van der Waals surface area contributed by atoms with Gasteiger partial charge in [0.05, 0.1) is 9.88 Å². The van der Waals surface area contributed by atoms with Crippen molar-refractivity contribution in [1.82, 2.24) is 15.0 Å². The van der Waals surface area contributed by atoms with Crippen molar-refractivity contribution in [2.45, 2.75) is 26.4 Å². The van der Waals surface area contributed by atoms with Gasteiger partial charge >= 0.3 is 6.18 Å². The highest BCUT2D eigenvalue weighted by Gasteiger charge is 2.32. The SMILES string of the molecule is Cc1cc(Nc2nccc(C(F)(F)F)n2)cc(-c2cnc(C[C@@H](C)C=O)s2)c1. The first kappa shape index (κ1) is 19.9. The molecule has 0 fully saturated rings. The number of alkyl halides is 3. The van der Waals surface area contributed by atoms with E-state index in [0.717, 1.165) is 39.6 Å². The number of nitrogens with one attached hydrogen (secondary N) is 1. The summed E-state index contributed by atoms with van der Waals surface area (Å²) in [6.07, 6.45) is -0.266. The molecule has 0 aliphatic heterocycles. The van der Waals surface area contributed by atoms with Crippen LogP contribution in [0, 0.1) is 12.8 Å². The molecule has 0 unspecified atom stereocenters. The Labute approximate surface area is 163 Å². The minimum Gasteiger partial charge on any atom is -0.324 e. The quantitative estimate of drug-likeness (QED) is 0.581. The van der Waals surface area contributed by atoms with E-state index in [-0.39, 0.29) is 11.9 Å². The van der Waals surface area contributed by atoms with Crippen molar-refractivity contribution in [2.75, 3.05) is 5.32 Å². The molecule has 0 aliphatic carbocycles. The lowest BCUT2D eigenvalue weighted by Gasteiger charge is -2.10. The number of rotatable bonds is 6. The largest absolute Gasteiger partial charge is 0.433 e. The Balaban J connectivity index is 1.85. The van der Waals surface area contributed by atoms with Crippen molar-refractivity contribution < 1.29 is 18.0 Å². The van der Waals surface area contributed by atoms with Crippen molar-refractivity contribution >= 4 is 29.3 Å². The number of anilines is 2. The first-order chi connectivity index (χ1) is 13.2. The fourth-order valence-electron chi connectivity index (χ4n) is 2.57. The van der Waals surface area contributed by atoms with E-state index in [9.17, 15) is 18.0 Å². The predicted octanol–water partition coefficient (Wildman–Crippen LogP) is 5.05. The number of aromatic nitrogens is 3. The molecule has 3 rings (SSSR count). The molecule has 0 spiro atoms. The molecule has 0 saturated carbocycles. The Kier molecular flexibility index (Phi) is 5.73. The van der Waals surface area contributed by atoms with Gasteiger partial charge in [-0.25, -0.2) is 15.0 Å². The number of halogens is 3. The summed E-state index contributed by atoms with van der Waals surface area (Å²) in [5, 5.41) is 3.68. The van der Waals surface area contributed by atoms with E-state index >= 15 is 0 Å². The first-order valence-corrected chi connectivity index (χ1v) is 9.25. The first-order valence-electron chi connectivity index (χ1n) is 8.44. The number of thiazole rings is 1. The molecule has 146 valence electrons. The predicted molar refractivity (Wildman–Crippen MR) is 102 cm³/mol. The second kappa shape index (κ2) is 8.05. The fourth-order valence-corrected chi connectivity index (χ4v) is 3.61. The average Bonchev–Trinajstić information content (AvgIpc) is 3.09. The van der Waals surface area contributed by atoms with Crippen molar-refractivity contribution in [3.63, 3.8) is 0 Å². The minimum absolute atomic E-state index is 0.105. The van der Waals surface area contributed by atoms with Gasteiger partial charge in [0.1, 0.15) is 12.0 Å². The molecule has 1 N–H and O–H groups in total. The van der Waals surface area contributed by atoms with Crippen LogP contribution in [-0.2, 0) is 17.4 Å². The smallest absolute Gasteiger partial charge is 0.324 e. The number of aldehydes is 1. The summed E-state index contributed by atoms with van der Waals surface area (Å²) in [5.41, 5.74) is 1.36. The Hall–Kier alpha value is -2.81. The highest BCUT2D eigenvalue weighted by Crippen LogP contribution is 2.32. The van der Waals surface area contributed by atoms with Crippen LogP contribution in [0.5, 0.6) is 0 Å². The number of aryl methyl sites for hydroxylation is 1. The van der Waals surface area contributed by atoms with Gasteiger partial charge in [-0.3, -0.25) is 0 Å². The third-order valence-corrected chi connectivity index (χ3v) is 4.92. The van der Waals surface area contributed by atoms with E-state index in [4.69, 9.17) is 0 Å². The van der Waals surface area contributed by atoms with E-state index in [0.29, 0.717) is 12.1 Å². The molecule has 3 aromatic rings. The summed E-state index contributed by atoms with van der Waals surface area (Å²) in [6.45, 7) is 3.72. The number of carbonyl (C=O) groups is 1. The number of benzene rings is 1. The van der Waals surface area contributed by atoms with Crippen molar-refractivity contribution in [3.8, 4) is 10.4 Å². The molecule has 2 heterocycles. The van der Waals surface area contributed by atoms with Crippen LogP contribution in [0.2, 0.25) is 0 Å². The molecule has 1 aromatic carbocycles. The van der Waals surface area contributed by atoms with Gasteiger partial charge in [0, 0.05) is 30.4 Å².